The van der Waals surface area contributed by atoms with Gasteiger partial charge in [0.05, 0.1) is 30.5 Å². The van der Waals surface area contributed by atoms with E-state index in [1.54, 1.807) is 18.2 Å². The highest BCUT2D eigenvalue weighted by Gasteiger charge is 2.37. The number of amides is 1. The number of hydrogen-bond donors (Lipinski definition) is 2. The van der Waals surface area contributed by atoms with E-state index < -0.39 is 34.7 Å². The van der Waals surface area contributed by atoms with E-state index >= 15 is 0 Å². The van der Waals surface area contributed by atoms with E-state index in [-0.39, 0.29) is 22.8 Å². The zero-order chi connectivity index (χ0) is 33.5. The van der Waals surface area contributed by atoms with Crippen molar-refractivity contribution in [3.05, 3.63) is 86.9 Å². The van der Waals surface area contributed by atoms with Crippen LogP contribution in [0.1, 0.15) is 58.1 Å². The smallest absolute Gasteiger partial charge is 0.407 e. The molecule has 248 valence electrons. The molecule has 0 atom stereocenters. The van der Waals surface area contributed by atoms with Gasteiger partial charge in [0.25, 0.3) is 5.56 Å². The average molecular weight is 646 g/mol. The molecule has 2 aromatic heterocycles. The number of benzene rings is 2. The number of phenolic OH excluding ortho intramolecular Hbond substituents is 1. The molecule has 1 saturated carbocycles. The van der Waals surface area contributed by atoms with Gasteiger partial charge in [-0.25, -0.2) is 23.5 Å². The standard InChI is InChI=1S/C35H40FN5O6/c1-35(2,3)41(34(45)46)26-9-7-25(8-10-26)40-32(43)30-19-24(36)20-37-31(30)39(33(40)44)27-6-4-5-22(17-27)29-12-11-28(42)18-23(29)21-38-13-15-47-16-14-38/h4-6,11-12,17-20,25-26,42H,7-10,13-16,21H2,1-3H3,(H,45,46)/t25-,26+. The first-order valence-electron chi connectivity index (χ1n) is 16.0. The van der Waals surface area contributed by atoms with Crippen LogP contribution in [0.4, 0.5) is 9.18 Å². The molecule has 47 heavy (non-hydrogen) atoms. The summed E-state index contributed by atoms with van der Waals surface area (Å²) in [5.74, 6) is -0.541. The molecule has 3 heterocycles. The molecule has 1 amide bonds. The fourth-order valence-corrected chi connectivity index (χ4v) is 7.11. The van der Waals surface area contributed by atoms with Crippen LogP contribution in [0.15, 0.2) is 64.3 Å². The Morgan fingerprint density at radius 3 is 2.45 bits per heavy atom. The summed E-state index contributed by atoms with van der Waals surface area (Å²) in [5, 5.41) is 20.2. The molecule has 2 aliphatic rings. The summed E-state index contributed by atoms with van der Waals surface area (Å²) in [5.41, 5.74) is 1.26. The molecule has 1 aliphatic carbocycles. The first-order chi connectivity index (χ1) is 22.4. The van der Waals surface area contributed by atoms with Crippen LogP contribution in [0.25, 0.3) is 27.8 Å². The summed E-state index contributed by atoms with van der Waals surface area (Å²) in [7, 11) is 0. The predicted octanol–water partition coefficient (Wildman–Crippen LogP) is 5.15. The molecule has 0 bridgehead atoms. The summed E-state index contributed by atoms with van der Waals surface area (Å²) in [6.45, 7) is 8.96. The molecule has 2 fully saturated rings. The van der Waals surface area contributed by atoms with Crippen LogP contribution in [-0.2, 0) is 11.3 Å². The van der Waals surface area contributed by atoms with Crippen LogP contribution in [0, 0.1) is 5.82 Å². The van der Waals surface area contributed by atoms with Gasteiger partial charge in [0, 0.05) is 37.3 Å². The van der Waals surface area contributed by atoms with Crippen molar-refractivity contribution in [1.82, 2.24) is 23.9 Å². The lowest BCUT2D eigenvalue weighted by Crippen LogP contribution is -2.53. The van der Waals surface area contributed by atoms with Gasteiger partial charge < -0.3 is 19.8 Å². The molecule has 2 aromatic carbocycles. The Morgan fingerprint density at radius 1 is 1.04 bits per heavy atom. The van der Waals surface area contributed by atoms with E-state index in [2.05, 4.69) is 9.88 Å². The molecule has 12 heteroatoms. The van der Waals surface area contributed by atoms with Crippen LogP contribution in [0.5, 0.6) is 5.75 Å². The Morgan fingerprint density at radius 2 is 1.77 bits per heavy atom. The van der Waals surface area contributed by atoms with Crippen molar-refractivity contribution in [1.29, 1.82) is 0 Å². The van der Waals surface area contributed by atoms with E-state index in [0.717, 1.165) is 42.0 Å². The van der Waals surface area contributed by atoms with E-state index in [4.69, 9.17) is 4.74 Å². The molecule has 2 N–H and O–H groups in total. The van der Waals surface area contributed by atoms with Crippen LogP contribution in [-0.4, -0.2) is 78.1 Å². The zero-order valence-corrected chi connectivity index (χ0v) is 26.9. The van der Waals surface area contributed by atoms with Gasteiger partial charge >= 0.3 is 11.8 Å². The third-order valence-electron chi connectivity index (χ3n) is 9.22. The lowest BCUT2D eigenvalue weighted by molar-refractivity contribution is 0.0342. The summed E-state index contributed by atoms with van der Waals surface area (Å²) < 4.78 is 22.6. The lowest BCUT2D eigenvalue weighted by atomic mass is 9.88. The molecule has 11 nitrogen and oxygen atoms in total. The number of aromatic hydroxyl groups is 1. The van der Waals surface area contributed by atoms with Crippen LogP contribution < -0.4 is 11.2 Å². The third kappa shape index (κ3) is 6.52. The normalized spacial score (nSPS) is 19.1. The second kappa shape index (κ2) is 12.9. The fraction of sp³-hybridized carbons (Fsp3) is 0.429. The highest BCUT2D eigenvalue weighted by molar-refractivity contribution is 5.77. The molecule has 1 aliphatic heterocycles. The van der Waals surface area contributed by atoms with Gasteiger partial charge in [0.2, 0.25) is 0 Å². The zero-order valence-electron chi connectivity index (χ0n) is 26.9. The molecular weight excluding hydrogens is 605 g/mol. The quantitative estimate of drug-likeness (QED) is 0.295. The minimum absolute atomic E-state index is 0.0170. The van der Waals surface area contributed by atoms with E-state index in [9.17, 15) is 29.0 Å². The fourth-order valence-electron chi connectivity index (χ4n) is 7.11. The van der Waals surface area contributed by atoms with Gasteiger partial charge in [-0.2, -0.15) is 0 Å². The van der Waals surface area contributed by atoms with Crippen molar-refractivity contribution in [2.24, 2.45) is 0 Å². The number of fused-ring (bicyclic) bond motifs is 1. The van der Waals surface area contributed by atoms with Gasteiger partial charge in [-0.1, -0.05) is 18.2 Å². The van der Waals surface area contributed by atoms with Gasteiger partial charge in [0.15, 0.2) is 5.65 Å². The number of carboxylic acid groups (broad SMARTS) is 1. The van der Waals surface area contributed by atoms with Crippen LogP contribution >= 0.6 is 0 Å². The number of aromatic nitrogens is 3. The molecule has 0 unspecified atom stereocenters. The number of morpholine rings is 1. The van der Waals surface area contributed by atoms with Crippen molar-refractivity contribution < 1.29 is 24.1 Å². The largest absolute Gasteiger partial charge is 0.508 e. The Balaban J connectivity index is 1.42. The highest BCUT2D eigenvalue weighted by atomic mass is 19.1. The molecule has 1 saturated heterocycles. The number of rotatable bonds is 6. The topological polar surface area (TPSA) is 130 Å². The number of halogens is 1. The van der Waals surface area contributed by atoms with E-state index in [1.807, 2.05) is 45.0 Å². The van der Waals surface area contributed by atoms with Gasteiger partial charge in [-0.05, 0) is 93.5 Å². The van der Waals surface area contributed by atoms with E-state index in [0.29, 0.717) is 51.1 Å². The monoisotopic (exact) mass is 645 g/mol. The molecule has 0 radical (unpaired) electrons. The third-order valence-corrected chi connectivity index (χ3v) is 9.22. The van der Waals surface area contributed by atoms with Crippen molar-refractivity contribution in [2.45, 2.75) is 70.6 Å². The first kappa shape index (κ1) is 32.4. The van der Waals surface area contributed by atoms with E-state index in [1.165, 1.54) is 14.0 Å². The van der Waals surface area contributed by atoms with Crippen molar-refractivity contribution >= 4 is 17.1 Å². The molecular formula is C35H40FN5O6. The Labute approximate surface area is 271 Å². The van der Waals surface area contributed by atoms with Crippen LogP contribution in [0.3, 0.4) is 0 Å². The summed E-state index contributed by atoms with van der Waals surface area (Å²) >= 11 is 0. The van der Waals surface area contributed by atoms with Crippen molar-refractivity contribution in [2.75, 3.05) is 26.3 Å². The maximum atomic E-state index is 14.5. The predicted molar refractivity (Wildman–Crippen MR) is 176 cm³/mol. The Hall–Kier alpha value is -4.55. The number of phenols is 1. The molecule has 4 aromatic rings. The molecule has 6 rings (SSSR count). The highest BCUT2D eigenvalue weighted by Crippen LogP contribution is 2.34. The van der Waals surface area contributed by atoms with Crippen molar-refractivity contribution in [3.8, 4) is 22.6 Å². The minimum Gasteiger partial charge on any atom is -0.508 e. The van der Waals surface area contributed by atoms with Crippen molar-refractivity contribution in [3.63, 3.8) is 0 Å². The first-order valence-corrected chi connectivity index (χ1v) is 16.0. The van der Waals surface area contributed by atoms with Crippen LogP contribution in [0.2, 0.25) is 0 Å². The van der Waals surface area contributed by atoms with Gasteiger partial charge in [0.1, 0.15) is 11.6 Å². The molecule has 0 spiro atoms. The summed E-state index contributed by atoms with van der Waals surface area (Å²) in [6, 6.07) is 12.9. The number of ether oxygens (including phenoxy) is 1. The van der Waals surface area contributed by atoms with Gasteiger partial charge in [-0.3, -0.25) is 14.3 Å². The second-order valence-electron chi connectivity index (χ2n) is 13.4. The summed E-state index contributed by atoms with van der Waals surface area (Å²) in [6.07, 6.45) is 1.75. The average Bonchev–Trinajstić information content (AvgIpc) is 3.02. The maximum absolute atomic E-state index is 14.5. The Bertz CT molecular complexity index is 1920. The number of pyridine rings is 1. The maximum Gasteiger partial charge on any atom is 0.407 e. The van der Waals surface area contributed by atoms with Gasteiger partial charge in [-0.15, -0.1) is 0 Å². The minimum atomic E-state index is -1.01. The number of carbonyl (C=O) groups is 1. The number of hydrogen-bond acceptors (Lipinski definition) is 7. The summed E-state index contributed by atoms with van der Waals surface area (Å²) in [4.78, 5) is 48.2. The SMILES string of the molecule is CC(C)(C)N(C(=O)O)[C@H]1CC[C@@H](n2c(=O)c3cc(F)cnc3n(-c3cccc(-c4ccc(O)cc4CN4CCOCC4)c3)c2=O)CC1. The Kier molecular flexibility index (Phi) is 8.91. The lowest BCUT2D eigenvalue weighted by Gasteiger charge is -2.42. The second-order valence-corrected chi connectivity index (χ2v) is 13.4. The number of nitrogens with zero attached hydrogens (tertiary/aromatic N) is 5.